The van der Waals surface area contributed by atoms with E-state index in [9.17, 15) is 10.2 Å². The first kappa shape index (κ1) is 21.1. The third-order valence-corrected chi connectivity index (χ3v) is 8.97. The number of nitrogens with one attached hydrogen (secondary N) is 1. The van der Waals surface area contributed by atoms with Crippen molar-refractivity contribution in [1.29, 1.82) is 0 Å². The molecule has 5 nitrogen and oxygen atoms in total. The number of fused-ring (bicyclic) bond motifs is 2. The van der Waals surface area contributed by atoms with E-state index in [2.05, 4.69) is 44.4 Å². The molecule has 0 amide bonds. The Bertz CT molecular complexity index is 1000. The van der Waals surface area contributed by atoms with Gasteiger partial charge in [-0.25, -0.2) is 4.85 Å². The van der Waals surface area contributed by atoms with Crippen molar-refractivity contribution in [1.82, 2.24) is 4.98 Å². The van der Waals surface area contributed by atoms with Gasteiger partial charge < -0.3 is 19.9 Å². The third kappa shape index (κ3) is 2.62. The summed E-state index contributed by atoms with van der Waals surface area (Å²) in [4.78, 5) is 6.43. The van der Waals surface area contributed by atoms with Crippen molar-refractivity contribution in [2.75, 3.05) is 0 Å². The summed E-state index contributed by atoms with van der Waals surface area (Å²) in [5, 5.41) is 22.5. The second-order valence-electron chi connectivity index (χ2n) is 10.3. The minimum Gasteiger partial charge on any atom is -0.495 e. The summed E-state index contributed by atoms with van der Waals surface area (Å²) in [5.74, 6) is 1.44. The van der Waals surface area contributed by atoms with E-state index in [0.717, 1.165) is 31.1 Å². The summed E-state index contributed by atoms with van der Waals surface area (Å²) < 4.78 is 7.09. The van der Waals surface area contributed by atoms with Gasteiger partial charge in [0.2, 0.25) is 5.69 Å². The Kier molecular flexibility index (Phi) is 4.86. The Balaban J connectivity index is 1.91. The van der Waals surface area contributed by atoms with E-state index >= 15 is 0 Å². The van der Waals surface area contributed by atoms with Gasteiger partial charge in [-0.15, -0.1) is 0 Å². The highest BCUT2D eigenvalue weighted by molar-refractivity contribution is 6.02. The van der Waals surface area contributed by atoms with E-state index in [1.165, 1.54) is 0 Å². The summed E-state index contributed by atoms with van der Waals surface area (Å²) in [6.45, 7) is 18.8. The van der Waals surface area contributed by atoms with E-state index in [1.807, 2.05) is 6.07 Å². The van der Waals surface area contributed by atoms with E-state index in [-0.39, 0.29) is 28.7 Å². The zero-order chi connectivity index (χ0) is 21.9. The van der Waals surface area contributed by atoms with Crippen LogP contribution in [0, 0.1) is 29.2 Å². The summed E-state index contributed by atoms with van der Waals surface area (Å²) in [6, 6.07) is 3.62. The highest BCUT2D eigenvalue weighted by Crippen LogP contribution is 2.64. The number of ether oxygens (including phenoxy) is 1. The van der Waals surface area contributed by atoms with Crippen molar-refractivity contribution < 1.29 is 14.9 Å². The number of rotatable bonds is 3. The molecule has 0 aliphatic heterocycles. The number of aromatic nitrogens is 1. The molecule has 2 aromatic rings. The summed E-state index contributed by atoms with van der Waals surface area (Å²) in [5.41, 5.74) is -0.289. The monoisotopic (exact) mass is 410 g/mol. The minimum absolute atomic E-state index is 0.00478. The van der Waals surface area contributed by atoms with E-state index in [1.54, 1.807) is 12.3 Å². The average molecular weight is 411 g/mol. The molecule has 0 saturated heterocycles. The van der Waals surface area contributed by atoms with Crippen LogP contribution in [0.2, 0.25) is 0 Å². The maximum atomic E-state index is 10.9. The first-order valence-corrected chi connectivity index (χ1v) is 11.2. The number of aliphatic hydroxyl groups excluding tert-OH is 1. The molecular weight excluding hydrogens is 376 g/mol. The van der Waals surface area contributed by atoms with E-state index in [0.29, 0.717) is 29.2 Å². The fourth-order valence-corrected chi connectivity index (χ4v) is 6.63. The number of hydrogen-bond acceptors (Lipinski definition) is 3. The number of nitrogens with zero attached hydrogens (tertiary/aromatic N) is 1. The number of benzene rings is 1. The van der Waals surface area contributed by atoms with E-state index < -0.39 is 5.60 Å². The SMILES string of the molecule is [C-]#[N+]c1ccc(OC23CCC(O)C(C)(C)C2CCC(C)C3(C)CC)c2c[nH]c(O)c12. The highest BCUT2D eigenvalue weighted by Gasteiger charge is 2.65. The molecule has 162 valence electrons. The molecule has 1 heterocycles. The summed E-state index contributed by atoms with van der Waals surface area (Å²) in [6.07, 6.45) is 6.08. The van der Waals surface area contributed by atoms with Crippen LogP contribution in [0.4, 0.5) is 5.69 Å². The Hall–Kier alpha value is -2.19. The van der Waals surface area contributed by atoms with Crippen LogP contribution in [-0.2, 0) is 0 Å². The highest BCUT2D eigenvalue weighted by atomic mass is 16.5. The van der Waals surface area contributed by atoms with Crippen LogP contribution in [-0.4, -0.2) is 26.9 Å². The molecule has 0 spiro atoms. The molecule has 0 bridgehead atoms. The Morgan fingerprint density at radius 1 is 1.23 bits per heavy atom. The maximum Gasteiger partial charge on any atom is 0.200 e. The lowest BCUT2D eigenvalue weighted by Gasteiger charge is -2.65. The molecule has 1 aromatic heterocycles. The first-order chi connectivity index (χ1) is 14.1. The predicted octanol–water partition coefficient (Wildman–Crippen LogP) is 6.19. The number of aliphatic hydroxyl groups is 1. The molecule has 2 aliphatic carbocycles. The average Bonchev–Trinajstić information content (AvgIpc) is 3.11. The zero-order valence-electron chi connectivity index (χ0n) is 18.7. The van der Waals surface area contributed by atoms with Crippen LogP contribution in [0.1, 0.15) is 66.7 Å². The molecule has 30 heavy (non-hydrogen) atoms. The van der Waals surface area contributed by atoms with Gasteiger partial charge in [-0.1, -0.05) is 40.7 Å². The topological polar surface area (TPSA) is 69.8 Å². The number of aromatic hydroxyl groups is 1. The Morgan fingerprint density at radius 2 is 1.97 bits per heavy atom. The lowest BCUT2D eigenvalue weighted by molar-refractivity contribution is -0.227. The normalized spacial score (nSPS) is 35.6. The fourth-order valence-electron chi connectivity index (χ4n) is 6.63. The first-order valence-electron chi connectivity index (χ1n) is 11.2. The molecule has 2 saturated carbocycles. The van der Waals surface area contributed by atoms with Gasteiger partial charge in [0.15, 0.2) is 5.88 Å². The van der Waals surface area contributed by atoms with Crippen LogP contribution in [0.3, 0.4) is 0 Å². The van der Waals surface area contributed by atoms with E-state index in [4.69, 9.17) is 11.3 Å². The number of aromatic amines is 1. The standard InChI is InChI=1S/C25H34N2O3/c1-7-24(5)15(2)8-11-19-23(3,4)20(28)12-13-25(19,24)30-18-10-9-17(26-6)21-16(18)14-27-22(21)29/h9-10,14-15,19-20,27-29H,7-8,11-13H2,1-5H3. The molecule has 2 aliphatic rings. The number of H-pyrrole nitrogens is 1. The van der Waals surface area contributed by atoms with Crippen molar-refractivity contribution in [2.45, 2.75) is 78.4 Å². The Morgan fingerprint density at radius 3 is 2.63 bits per heavy atom. The molecule has 1 aromatic carbocycles. The van der Waals surface area contributed by atoms with Gasteiger partial charge in [-0.05, 0) is 49.5 Å². The quantitative estimate of drug-likeness (QED) is 0.529. The van der Waals surface area contributed by atoms with Crippen LogP contribution in [0.5, 0.6) is 11.6 Å². The lowest BCUT2D eigenvalue weighted by Crippen LogP contribution is -2.68. The fraction of sp³-hybridized carbons (Fsp3) is 0.640. The van der Waals surface area contributed by atoms with Gasteiger partial charge in [0, 0.05) is 22.9 Å². The largest absolute Gasteiger partial charge is 0.495 e. The lowest BCUT2D eigenvalue weighted by atomic mass is 9.44. The van der Waals surface area contributed by atoms with Crippen LogP contribution >= 0.6 is 0 Å². The molecule has 4 rings (SSSR count). The maximum absolute atomic E-state index is 10.9. The van der Waals surface area contributed by atoms with Crippen LogP contribution < -0.4 is 4.74 Å². The van der Waals surface area contributed by atoms with Crippen molar-refractivity contribution in [3.63, 3.8) is 0 Å². The van der Waals surface area contributed by atoms with Crippen LogP contribution in [0.15, 0.2) is 18.3 Å². The van der Waals surface area contributed by atoms with Crippen molar-refractivity contribution in [3.8, 4) is 11.6 Å². The van der Waals surface area contributed by atoms with Crippen molar-refractivity contribution >= 4 is 16.5 Å². The van der Waals surface area contributed by atoms with Gasteiger partial charge >= 0.3 is 0 Å². The molecule has 5 atom stereocenters. The number of hydrogen-bond donors (Lipinski definition) is 3. The second kappa shape index (κ2) is 6.92. The van der Waals surface area contributed by atoms with Crippen molar-refractivity contribution in [2.24, 2.45) is 22.7 Å². The molecule has 2 fully saturated rings. The summed E-state index contributed by atoms with van der Waals surface area (Å²) >= 11 is 0. The van der Waals surface area contributed by atoms with Gasteiger partial charge in [0.05, 0.1) is 18.1 Å². The second-order valence-corrected chi connectivity index (χ2v) is 10.3. The van der Waals surface area contributed by atoms with Crippen molar-refractivity contribution in [3.05, 3.63) is 29.7 Å². The predicted molar refractivity (Wildman–Crippen MR) is 119 cm³/mol. The zero-order valence-corrected chi connectivity index (χ0v) is 18.7. The molecule has 0 radical (unpaired) electrons. The molecule has 5 heteroatoms. The molecule has 3 N–H and O–H groups in total. The van der Waals surface area contributed by atoms with Gasteiger partial charge in [-0.3, -0.25) is 0 Å². The minimum atomic E-state index is -0.415. The molecule has 5 unspecified atom stereocenters. The smallest absolute Gasteiger partial charge is 0.200 e. The third-order valence-electron chi connectivity index (χ3n) is 8.97. The van der Waals surface area contributed by atoms with Gasteiger partial charge in [0.1, 0.15) is 11.4 Å². The van der Waals surface area contributed by atoms with Gasteiger partial charge in [0.25, 0.3) is 0 Å². The van der Waals surface area contributed by atoms with Crippen LogP contribution in [0.25, 0.3) is 15.6 Å². The summed E-state index contributed by atoms with van der Waals surface area (Å²) in [7, 11) is 0. The van der Waals surface area contributed by atoms with Gasteiger partial charge in [-0.2, -0.15) is 0 Å². The molecular formula is C25H34N2O3. The Labute approximate surface area is 179 Å².